The summed E-state index contributed by atoms with van der Waals surface area (Å²) in [6, 6.07) is 3.93. The Kier molecular flexibility index (Phi) is 6.72. The molecular formula is C26H31FN8O2. The SMILES string of the molecule is Cc1cc(F)c(NC(=O)Nc2cnn(C(C)(C)C)c2)cc1-c1cc2cnc(NC(C)C)nc2n(C)c1=O. The second-order valence-corrected chi connectivity index (χ2v) is 10.3. The van der Waals surface area contributed by atoms with Crippen molar-refractivity contribution in [3.8, 4) is 11.1 Å². The van der Waals surface area contributed by atoms with Crippen molar-refractivity contribution < 1.29 is 9.18 Å². The van der Waals surface area contributed by atoms with Crippen LogP contribution in [-0.2, 0) is 12.6 Å². The van der Waals surface area contributed by atoms with Gasteiger partial charge in [-0.2, -0.15) is 10.1 Å². The Bertz CT molecular complexity index is 1550. The number of pyridine rings is 1. The quantitative estimate of drug-likeness (QED) is 0.356. The number of carbonyl (C=O) groups excluding carboxylic acids is 1. The number of hydrogen-bond acceptors (Lipinski definition) is 6. The van der Waals surface area contributed by atoms with Gasteiger partial charge in [0.05, 0.1) is 23.1 Å². The summed E-state index contributed by atoms with van der Waals surface area (Å²) in [7, 11) is 1.63. The van der Waals surface area contributed by atoms with Crippen LogP contribution in [0.1, 0.15) is 40.2 Å². The topological polar surface area (TPSA) is 119 Å². The summed E-state index contributed by atoms with van der Waals surface area (Å²) in [5.74, 6) is -0.194. The number of benzene rings is 1. The molecule has 4 aromatic rings. The summed E-state index contributed by atoms with van der Waals surface area (Å²) in [4.78, 5) is 34.7. The lowest BCUT2D eigenvalue weighted by molar-refractivity contribution is 0.262. The predicted molar refractivity (Wildman–Crippen MR) is 144 cm³/mol. The van der Waals surface area contributed by atoms with Crippen LogP contribution in [-0.4, -0.2) is 36.4 Å². The number of halogens is 1. The molecule has 0 radical (unpaired) electrons. The summed E-state index contributed by atoms with van der Waals surface area (Å²) >= 11 is 0. The first-order valence-electron chi connectivity index (χ1n) is 11.9. The lowest BCUT2D eigenvalue weighted by Crippen LogP contribution is -2.23. The Morgan fingerprint density at radius 3 is 2.46 bits per heavy atom. The Hall–Kier alpha value is -4.28. The van der Waals surface area contributed by atoms with Gasteiger partial charge in [0.15, 0.2) is 0 Å². The first-order valence-corrected chi connectivity index (χ1v) is 11.9. The molecule has 1 aromatic carbocycles. The van der Waals surface area contributed by atoms with Gasteiger partial charge in [0.1, 0.15) is 11.5 Å². The molecule has 194 valence electrons. The van der Waals surface area contributed by atoms with E-state index in [2.05, 4.69) is 31.0 Å². The van der Waals surface area contributed by atoms with Crippen LogP contribution in [0.15, 0.2) is 41.6 Å². The molecule has 37 heavy (non-hydrogen) atoms. The number of carbonyl (C=O) groups is 1. The second-order valence-electron chi connectivity index (χ2n) is 10.3. The zero-order valence-corrected chi connectivity index (χ0v) is 22.0. The van der Waals surface area contributed by atoms with E-state index in [0.29, 0.717) is 39.4 Å². The van der Waals surface area contributed by atoms with Gasteiger partial charge in [0.25, 0.3) is 5.56 Å². The number of urea groups is 1. The van der Waals surface area contributed by atoms with E-state index in [1.807, 2.05) is 34.6 Å². The molecule has 0 bridgehead atoms. The molecule has 10 nitrogen and oxygen atoms in total. The minimum Gasteiger partial charge on any atom is -0.352 e. The first-order chi connectivity index (χ1) is 17.3. The van der Waals surface area contributed by atoms with Crippen LogP contribution >= 0.6 is 0 Å². The normalized spacial score (nSPS) is 11.7. The van der Waals surface area contributed by atoms with Gasteiger partial charge in [0.2, 0.25) is 5.95 Å². The lowest BCUT2D eigenvalue weighted by Gasteiger charge is -2.18. The standard InChI is InChI=1S/C26H31FN8O2/c1-14(2)30-24-28-11-16-9-19(23(36)34(7)22(16)33-24)18-10-21(20(27)8-15(18)3)32-25(37)31-17-12-29-35(13-17)26(4,5)6/h8-14H,1-7H3,(H,28,30,33)(H2,31,32,37). The highest BCUT2D eigenvalue weighted by molar-refractivity contribution is 6.00. The van der Waals surface area contributed by atoms with Gasteiger partial charge in [-0.05, 0) is 70.9 Å². The van der Waals surface area contributed by atoms with Crippen molar-refractivity contribution in [3.63, 3.8) is 0 Å². The average Bonchev–Trinajstić information content (AvgIpc) is 3.27. The van der Waals surface area contributed by atoms with E-state index in [-0.39, 0.29) is 22.8 Å². The Balaban J connectivity index is 1.66. The van der Waals surface area contributed by atoms with E-state index < -0.39 is 11.8 Å². The molecule has 0 aliphatic heterocycles. The fourth-order valence-electron chi connectivity index (χ4n) is 3.86. The molecule has 0 aliphatic rings. The molecule has 0 unspecified atom stereocenters. The molecule has 3 N–H and O–H groups in total. The molecule has 3 aromatic heterocycles. The van der Waals surface area contributed by atoms with Gasteiger partial charge < -0.3 is 16.0 Å². The molecular weight excluding hydrogens is 475 g/mol. The van der Waals surface area contributed by atoms with Crippen molar-refractivity contribution in [2.45, 2.75) is 53.1 Å². The number of rotatable bonds is 5. The highest BCUT2D eigenvalue weighted by Crippen LogP contribution is 2.29. The summed E-state index contributed by atoms with van der Waals surface area (Å²) in [5.41, 5.74) is 1.70. The van der Waals surface area contributed by atoms with Crippen LogP contribution in [0.3, 0.4) is 0 Å². The maximum atomic E-state index is 14.8. The van der Waals surface area contributed by atoms with E-state index in [1.165, 1.54) is 22.9 Å². The van der Waals surface area contributed by atoms with Crippen LogP contribution in [0.4, 0.5) is 26.5 Å². The van der Waals surface area contributed by atoms with Crippen LogP contribution in [0.25, 0.3) is 22.2 Å². The molecule has 0 aliphatic carbocycles. The van der Waals surface area contributed by atoms with E-state index in [1.54, 1.807) is 37.1 Å². The van der Waals surface area contributed by atoms with Crippen molar-refractivity contribution in [1.29, 1.82) is 0 Å². The van der Waals surface area contributed by atoms with Gasteiger partial charge in [-0.1, -0.05) is 0 Å². The van der Waals surface area contributed by atoms with Gasteiger partial charge in [-0.3, -0.25) is 14.0 Å². The molecule has 3 heterocycles. The third kappa shape index (κ3) is 5.45. The Morgan fingerprint density at radius 2 is 1.81 bits per heavy atom. The summed E-state index contributed by atoms with van der Waals surface area (Å²) in [6.07, 6.45) is 4.85. The molecule has 2 amide bonds. The second kappa shape index (κ2) is 9.64. The first kappa shape index (κ1) is 25.8. The van der Waals surface area contributed by atoms with Crippen molar-refractivity contribution in [3.05, 3.63) is 58.5 Å². The van der Waals surface area contributed by atoms with Crippen LogP contribution in [0.5, 0.6) is 0 Å². The van der Waals surface area contributed by atoms with Crippen LogP contribution in [0, 0.1) is 12.7 Å². The maximum Gasteiger partial charge on any atom is 0.323 e. The highest BCUT2D eigenvalue weighted by Gasteiger charge is 2.18. The van der Waals surface area contributed by atoms with Crippen molar-refractivity contribution in [2.75, 3.05) is 16.0 Å². The number of amides is 2. The number of aromatic nitrogens is 5. The fraction of sp³-hybridized carbons (Fsp3) is 0.346. The minimum atomic E-state index is -0.632. The smallest absolute Gasteiger partial charge is 0.323 e. The molecule has 4 rings (SSSR count). The zero-order valence-electron chi connectivity index (χ0n) is 22.0. The number of nitrogens with zero attached hydrogens (tertiary/aromatic N) is 5. The third-order valence-electron chi connectivity index (χ3n) is 5.75. The molecule has 0 saturated carbocycles. The summed E-state index contributed by atoms with van der Waals surface area (Å²) < 4.78 is 18.0. The molecule has 0 atom stereocenters. The third-order valence-corrected chi connectivity index (χ3v) is 5.75. The monoisotopic (exact) mass is 506 g/mol. The van der Waals surface area contributed by atoms with Crippen molar-refractivity contribution in [1.82, 2.24) is 24.3 Å². The molecule has 0 spiro atoms. The van der Waals surface area contributed by atoms with Gasteiger partial charge in [-0.15, -0.1) is 0 Å². The zero-order chi connectivity index (χ0) is 27.1. The lowest BCUT2D eigenvalue weighted by atomic mass is 9.99. The number of anilines is 3. The van der Waals surface area contributed by atoms with E-state index >= 15 is 0 Å². The fourth-order valence-corrected chi connectivity index (χ4v) is 3.86. The molecule has 11 heteroatoms. The van der Waals surface area contributed by atoms with Gasteiger partial charge in [-0.25, -0.2) is 14.2 Å². The Labute approximate surface area is 213 Å². The van der Waals surface area contributed by atoms with E-state index in [0.717, 1.165) is 0 Å². The summed E-state index contributed by atoms with van der Waals surface area (Å²) in [5, 5.41) is 13.2. The maximum absolute atomic E-state index is 14.8. The van der Waals surface area contributed by atoms with Crippen LogP contribution < -0.4 is 21.5 Å². The molecule has 0 fully saturated rings. The van der Waals surface area contributed by atoms with E-state index in [9.17, 15) is 14.0 Å². The summed E-state index contributed by atoms with van der Waals surface area (Å²) in [6.45, 7) is 11.6. The Morgan fingerprint density at radius 1 is 1.08 bits per heavy atom. The number of fused-ring (bicyclic) bond motifs is 1. The minimum absolute atomic E-state index is 0.0591. The number of aryl methyl sites for hydroxylation is 2. The van der Waals surface area contributed by atoms with E-state index in [4.69, 9.17) is 0 Å². The van der Waals surface area contributed by atoms with Gasteiger partial charge >= 0.3 is 6.03 Å². The largest absolute Gasteiger partial charge is 0.352 e. The predicted octanol–water partition coefficient (Wildman–Crippen LogP) is 4.86. The van der Waals surface area contributed by atoms with Crippen molar-refractivity contribution >= 4 is 34.4 Å². The van der Waals surface area contributed by atoms with Crippen LogP contribution in [0.2, 0.25) is 0 Å². The van der Waals surface area contributed by atoms with Gasteiger partial charge in [0, 0.05) is 36.4 Å². The number of hydrogen-bond donors (Lipinski definition) is 3. The number of nitrogens with one attached hydrogen (secondary N) is 3. The molecule has 0 saturated heterocycles. The highest BCUT2D eigenvalue weighted by atomic mass is 19.1. The van der Waals surface area contributed by atoms with Crippen molar-refractivity contribution in [2.24, 2.45) is 7.05 Å². The average molecular weight is 507 g/mol.